The van der Waals surface area contributed by atoms with Crippen LogP contribution in [0.3, 0.4) is 0 Å². The van der Waals surface area contributed by atoms with Gasteiger partial charge >= 0.3 is 0 Å². The van der Waals surface area contributed by atoms with Gasteiger partial charge in [-0.1, -0.05) is 20.8 Å². The molecule has 0 amide bonds. The third kappa shape index (κ3) is 2.85. The van der Waals surface area contributed by atoms with Crippen molar-refractivity contribution < 1.29 is 34.7 Å². The van der Waals surface area contributed by atoms with Crippen molar-refractivity contribution in [3.8, 4) is 0 Å². The van der Waals surface area contributed by atoms with E-state index in [-0.39, 0.29) is 13.0 Å². The highest BCUT2D eigenvalue weighted by Gasteiger charge is 2.74. The Morgan fingerprint density at radius 2 is 1.72 bits per heavy atom. The lowest BCUT2D eigenvalue weighted by atomic mass is 9.42. The van der Waals surface area contributed by atoms with E-state index in [1.54, 1.807) is 13.8 Å². The van der Waals surface area contributed by atoms with Crippen molar-refractivity contribution in [1.29, 1.82) is 0 Å². The monoisotopic (exact) mass is 452 g/mol. The summed E-state index contributed by atoms with van der Waals surface area (Å²) < 4.78 is 12.1. The van der Waals surface area contributed by atoms with E-state index in [1.807, 2.05) is 41.5 Å². The lowest BCUT2D eigenvalue weighted by Gasteiger charge is -2.68. The Kier molecular flexibility index (Phi) is 5.21. The highest BCUT2D eigenvalue weighted by Crippen LogP contribution is 2.64. The van der Waals surface area contributed by atoms with Gasteiger partial charge in [0.25, 0.3) is 0 Å². The molecule has 7 unspecified atom stereocenters. The Labute approximate surface area is 190 Å². The van der Waals surface area contributed by atoms with Gasteiger partial charge in [-0.15, -0.1) is 0 Å². The number of aliphatic hydroxyl groups excluding tert-OH is 2. The normalized spacial score (nSPS) is 50.7. The second-order valence-electron chi connectivity index (χ2n) is 12.4. The van der Waals surface area contributed by atoms with Gasteiger partial charge in [0.1, 0.15) is 11.7 Å². The molecule has 1 aliphatic heterocycles. The number of rotatable bonds is 1. The largest absolute Gasteiger partial charge is 0.389 e. The molecule has 4 aliphatic rings. The molecular weight excluding hydrogens is 412 g/mol. The summed E-state index contributed by atoms with van der Waals surface area (Å²) >= 11 is 0. The molecule has 2 saturated carbocycles. The minimum atomic E-state index is -1.52. The fourth-order valence-corrected chi connectivity index (χ4v) is 7.58. The second-order valence-corrected chi connectivity index (χ2v) is 12.4. The summed E-state index contributed by atoms with van der Waals surface area (Å²) in [5, 5.41) is 46.3. The number of aliphatic hydroxyl groups is 4. The minimum absolute atomic E-state index is 0.0641. The standard InChI is InChI=1S/C25H40O7/c1-12-14(26)10-25(30)13(2)19-23(8,20(28)18(27)17(12)22(25,6)7)15(32-21(3,4)5)9-16-24(19,29)11-31-16/h13-16,18-19,26-27,29-30H,9-11H2,1-8H3/t13?,14?,15?,16?,18?,19?,23-,24+,25?/m1/s1. The molecule has 9 atom stereocenters. The zero-order chi connectivity index (χ0) is 24.2. The molecule has 7 nitrogen and oxygen atoms in total. The van der Waals surface area contributed by atoms with Gasteiger partial charge in [-0.2, -0.15) is 0 Å². The van der Waals surface area contributed by atoms with Gasteiger partial charge in [-0.25, -0.2) is 0 Å². The van der Waals surface area contributed by atoms with Gasteiger partial charge in [0.05, 0.1) is 41.5 Å². The average Bonchev–Trinajstić information content (AvgIpc) is 2.65. The first-order valence-corrected chi connectivity index (χ1v) is 11.8. The average molecular weight is 453 g/mol. The zero-order valence-corrected chi connectivity index (χ0v) is 20.6. The second kappa shape index (κ2) is 6.86. The summed E-state index contributed by atoms with van der Waals surface area (Å²) in [7, 11) is 0. The molecule has 1 heterocycles. The molecule has 182 valence electrons. The maximum absolute atomic E-state index is 14.2. The fourth-order valence-electron chi connectivity index (χ4n) is 7.58. The molecule has 32 heavy (non-hydrogen) atoms. The molecule has 3 aliphatic carbocycles. The van der Waals surface area contributed by atoms with Crippen molar-refractivity contribution in [2.24, 2.45) is 22.7 Å². The number of ether oxygens (including phenoxy) is 2. The summed E-state index contributed by atoms with van der Waals surface area (Å²) in [6, 6.07) is 0. The summed E-state index contributed by atoms with van der Waals surface area (Å²) in [5.41, 5.74) is -4.70. The van der Waals surface area contributed by atoms with Crippen LogP contribution in [-0.4, -0.2) is 74.0 Å². The molecule has 7 heteroatoms. The smallest absolute Gasteiger partial charge is 0.174 e. The van der Waals surface area contributed by atoms with E-state index in [4.69, 9.17) is 9.47 Å². The summed E-state index contributed by atoms with van der Waals surface area (Å²) in [4.78, 5) is 14.2. The number of carbonyl (C=O) groups is 1. The van der Waals surface area contributed by atoms with Crippen molar-refractivity contribution >= 4 is 5.78 Å². The van der Waals surface area contributed by atoms with Gasteiger partial charge in [0, 0.05) is 24.2 Å². The Morgan fingerprint density at radius 1 is 1.12 bits per heavy atom. The van der Waals surface area contributed by atoms with Crippen LogP contribution >= 0.6 is 0 Å². The van der Waals surface area contributed by atoms with Gasteiger partial charge < -0.3 is 29.9 Å². The highest BCUT2D eigenvalue weighted by atomic mass is 16.6. The van der Waals surface area contributed by atoms with E-state index < -0.39 is 69.7 Å². The van der Waals surface area contributed by atoms with Crippen molar-refractivity contribution in [1.82, 2.24) is 0 Å². The van der Waals surface area contributed by atoms with Crippen LogP contribution in [0, 0.1) is 22.7 Å². The van der Waals surface area contributed by atoms with E-state index >= 15 is 0 Å². The lowest BCUT2D eigenvalue weighted by molar-refractivity contribution is -0.344. The van der Waals surface area contributed by atoms with Gasteiger partial charge in [0.2, 0.25) is 0 Å². The van der Waals surface area contributed by atoms with E-state index in [0.717, 1.165) is 0 Å². The van der Waals surface area contributed by atoms with Crippen LogP contribution in [0.25, 0.3) is 0 Å². The van der Waals surface area contributed by atoms with Gasteiger partial charge in [-0.05, 0) is 51.7 Å². The molecule has 0 aromatic carbocycles. The van der Waals surface area contributed by atoms with Crippen LogP contribution in [0.2, 0.25) is 0 Å². The quantitative estimate of drug-likeness (QED) is 0.448. The molecule has 0 spiro atoms. The first-order valence-electron chi connectivity index (χ1n) is 11.8. The first-order chi connectivity index (χ1) is 14.4. The van der Waals surface area contributed by atoms with Crippen LogP contribution in [0.5, 0.6) is 0 Å². The maximum atomic E-state index is 14.2. The third-order valence-electron chi connectivity index (χ3n) is 9.34. The van der Waals surface area contributed by atoms with E-state index in [9.17, 15) is 25.2 Å². The van der Waals surface area contributed by atoms with Crippen LogP contribution in [0.1, 0.15) is 68.2 Å². The number of carbonyl (C=O) groups excluding carboxylic acids is 1. The van der Waals surface area contributed by atoms with Gasteiger partial charge in [0.15, 0.2) is 5.78 Å². The summed E-state index contributed by atoms with van der Waals surface area (Å²) in [6.07, 6.45) is -3.23. The Hall–Kier alpha value is -0.830. The number of hydrogen-bond donors (Lipinski definition) is 4. The molecule has 0 radical (unpaired) electrons. The number of hydrogen-bond acceptors (Lipinski definition) is 7. The highest BCUT2D eigenvalue weighted by molar-refractivity contribution is 5.93. The molecule has 3 fully saturated rings. The van der Waals surface area contributed by atoms with Crippen LogP contribution in [-0.2, 0) is 14.3 Å². The van der Waals surface area contributed by atoms with E-state index in [0.29, 0.717) is 17.6 Å². The SMILES string of the molecule is CC1=C2C(O)C(=O)[C@]3(C)C(OC(C)(C)C)CC4OC[C@@]4(O)C3C(C)C(O)(CC1O)C2(C)C. The van der Waals surface area contributed by atoms with Crippen molar-refractivity contribution in [2.75, 3.05) is 6.61 Å². The molecule has 0 aromatic rings. The predicted octanol–water partition coefficient (Wildman–Crippen LogP) is 1.74. The summed E-state index contributed by atoms with van der Waals surface area (Å²) in [5.74, 6) is -1.74. The Balaban J connectivity index is 1.99. The molecule has 4 N–H and O–H groups in total. The zero-order valence-electron chi connectivity index (χ0n) is 20.6. The fraction of sp³-hybridized carbons (Fsp3) is 0.880. The van der Waals surface area contributed by atoms with Crippen molar-refractivity contribution in [3.05, 3.63) is 11.1 Å². The molecule has 2 bridgehead atoms. The van der Waals surface area contributed by atoms with Gasteiger partial charge in [-0.3, -0.25) is 4.79 Å². The molecule has 4 rings (SSSR count). The topological polar surface area (TPSA) is 116 Å². The minimum Gasteiger partial charge on any atom is -0.389 e. The number of fused-ring (bicyclic) bond motifs is 5. The Morgan fingerprint density at radius 3 is 2.22 bits per heavy atom. The van der Waals surface area contributed by atoms with Crippen molar-refractivity contribution in [3.63, 3.8) is 0 Å². The van der Waals surface area contributed by atoms with E-state index in [2.05, 4.69) is 0 Å². The van der Waals surface area contributed by atoms with Crippen LogP contribution in [0.4, 0.5) is 0 Å². The molecular formula is C25H40O7. The summed E-state index contributed by atoms with van der Waals surface area (Å²) in [6.45, 7) is 14.8. The number of Topliss-reactive ketones (excluding diaryl/α,β-unsaturated/α-hetero) is 1. The maximum Gasteiger partial charge on any atom is 0.174 e. The Bertz CT molecular complexity index is 857. The van der Waals surface area contributed by atoms with E-state index in [1.165, 1.54) is 0 Å². The first kappa shape index (κ1) is 24.3. The number of ketones is 1. The lowest BCUT2D eigenvalue weighted by Crippen LogP contribution is -2.79. The van der Waals surface area contributed by atoms with Crippen LogP contribution in [0.15, 0.2) is 11.1 Å². The van der Waals surface area contributed by atoms with Crippen molar-refractivity contribution in [2.45, 2.75) is 109 Å². The van der Waals surface area contributed by atoms with Crippen LogP contribution < -0.4 is 0 Å². The molecule has 1 saturated heterocycles. The predicted molar refractivity (Wildman–Crippen MR) is 118 cm³/mol. The third-order valence-corrected chi connectivity index (χ3v) is 9.34. The molecule has 0 aromatic heterocycles.